The molecule has 31 heavy (non-hydrogen) atoms. The molecular weight excluding hydrogens is 406 g/mol. The number of hydrogen-bond acceptors (Lipinski definition) is 5. The predicted molar refractivity (Wildman–Crippen MR) is 131 cm³/mol. The third kappa shape index (κ3) is 6.02. The Kier molecular flexibility index (Phi) is 9.02. The van der Waals surface area contributed by atoms with E-state index in [1.54, 1.807) is 0 Å². The molecule has 0 aromatic rings. The third-order valence-corrected chi connectivity index (χ3v) is 11.7. The maximum absolute atomic E-state index is 6.83. The molecule has 2 aliphatic carbocycles. The lowest BCUT2D eigenvalue weighted by Crippen LogP contribution is -2.48. The van der Waals surface area contributed by atoms with Crippen molar-refractivity contribution >= 4 is 8.32 Å². The molecule has 0 spiro atoms. The second-order valence-corrected chi connectivity index (χ2v) is 15.3. The maximum Gasteiger partial charge on any atom is 0.192 e. The highest BCUT2D eigenvalue weighted by Crippen LogP contribution is 2.56. The van der Waals surface area contributed by atoms with Gasteiger partial charge in [-0.3, -0.25) is 4.90 Å². The molecule has 1 saturated carbocycles. The van der Waals surface area contributed by atoms with Gasteiger partial charge in [-0.1, -0.05) is 26.8 Å². The highest BCUT2D eigenvalue weighted by atomic mass is 28.4. The zero-order valence-electron chi connectivity index (χ0n) is 21.7. The molecule has 0 bridgehead atoms. The number of nitrogens with zero attached hydrogens (tertiary/aromatic N) is 1. The monoisotopic (exact) mass is 453 g/mol. The van der Waals surface area contributed by atoms with E-state index in [9.17, 15) is 0 Å². The summed E-state index contributed by atoms with van der Waals surface area (Å²) in [6.45, 7) is 19.7. The van der Waals surface area contributed by atoms with Crippen LogP contribution in [0.15, 0.2) is 23.5 Å². The van der Waals surface area contributed by atoms with Crippen LogP contribution in [-0.4, -0.2) is 65.1 Å². The molecule has 2 rings (SSSR count). The van der Waals surface area contributed by atoms with Crippen molar-refractivity contribution in [3.8, 4) is 0 Å². The van der Waals surface area contributed by atoms with E-state index in [0.29, 0.717) is 31.8 Å². The molecule has 0 heterocycles. The fourth-order valence-electron chi connectivity index (χ4n) is 4.46. The van der Waals surface area contributed by atoms with Gasteiger partial charge >= 0.3 is 0 Å². The molecule has 0 aliphatic heterocycles. The normalized spacial score (nSPS) is 28.0. The van der Waals surface area contributed by atoms with E-state index >= 15 is 0 Å². The summed E-state index contributed by atoms with van der Waals surface area (Å²) >= 11 is 0. The van der Waals surface area contributed by atoms with Crippen LogP contribution in [0.4, 0.5) is 0 Å². The SMILES string of the molecule is CCOC1=C/C(=C\CC(OCC)OCC)C([C@@H]2C[C@H]2O[Si](C)(C)C(C)(C)C)(N(C)C)C1. The van der Waals surface area contributed by atoms with Gasteiger partial charge < -0.3 is 18.6 Å². The Hall–Kier alpha value is -0.663. The van der Waals surface area contributed by atoms with Crippen LogP contribution >= 0.6 is 0 Å². The fraction of sp³-hybridized carbons (Fsp3) is 0.840. The largest absolute Gasteiger partial charge is 0.498 e. The molecular formula is C25H47NO4Si. The van der Waals surface area contributed by atoms with Crippen molar-refractivity contribution in [1.29, 1.82) is 0 Å². The van der Waals surface area contributed by atoms with Crippen LogP contribution in [0.25, 0.3) is 0 Å². The summed E-state index contributed by atoms with van der Waals surface area (Å²) in [5.41, 5.74) is 1.22. The fourth-order valence-corrected chi connectivity index (χ4v) is 5.83. The van der Waals surface area contributed by atoms with Crippen LogP contribution in [0.5, 0.6) is 0 Å². The van der Waals surface area contributed by atoms with Gasteiger partial charge in [-0.15, -0.1) is 0 Å². The summed E-state index contributed by atoms with van der Waals surface area (Å²) < 4.78 is 24.4. The van der Waals surface area contributed by atoms with Gasteiger partial charge in [-0.05, 0) is 71.1 Å². The quantitative estimate of drug-likeness (QED) is 0.278. The van der Waals surface area contributed by atoms with Crippen molar-refractivity contribution in [3.63, 3.8) is 0 Å². The first-order chi connectivity index (χ1) is 14.4. The van der Waals surface area contributed by atoms with Crippen LogP contribution in [0, 0.1) is 5.92 Å². The molecule has 0 saturated heterocycles. The third-order valence-electron chi connectivity index (χ3n) is 7.22. The lowest BCUT2D eigenvalue weighted by molar-refractivity contribution is -0.133. The Balaban J connectivity index is 2.29. The second-order valence-electron chi connectivity index (χ2n) is 10.5. The molecule has 0 amide bonds. The minimum atomic E-state index is -1.80. The van der Waals surface area contributed by atoms with Gasteiger partial charge in [0.15, 0.2) is 14.6 Å². The van der Waals surface area contributed by atoms with E-state index in [1.165, 1.54) is 5.57 Å². The van der Waals surface area contributed by atoms with E-state index in [4.69, 9.17) is 18.6 Å². The molecule has 1 unspecified atom stereocenters. The van der Waals surface area contributed by atoms with Crippen LogP contribution in [0.1, 0.15) is 60.8 Å². The molecule has 1 fully saturated rings. The van der Waals surface area contributed by atoms with Gasteiger partial charge in [0.2, 0.25) is 0 Å². The van der Waals surface area contributed by atoms with E-state index in [-0.39, 0.29) is 16.9 Å². The summed E-state index contributed by atoms with van der Waals surface area (Å²) in [6, 6.07) is 0. The zero-order chi connectivity index (χ0) is 23.4. The van der Waals surface area contributed by atoms with Crippen LogP contribution in [0.2, 0.25) is 18.1 Å². The van der Waals surface area contributed by atoms with Crippen molar-refractivity contribution in [2.45, 2.75) is 96.9 Å². The highest BCUT2D eigenvalue weighted by molar-refractivity contribution is 6.74. The Labute approximate surface area is 192 Å². The molecule has 0 aromatic heterocycles. The maximum atomic E-state index is 6.83. The number of ether oxygens (including phenoxy) is 3. The molecule has 180 valence electrons. The van der Waals surface area contributed by atoms with Crippen molar-refractivity contribution in [2.75, 3.05) is 33.9 Å². The van der Waals surface area contributed by atoms with Gasteiger partial charge in [-0.2, -0.15) is 0 Å². The van der Waals surface area contributed by atoms with Crippen LogP contribution in [0.3, 0.4) is 0 Å². The van der Waals surface area contributed by atoms with Gasteiger partial charge in [0.05, 0.1) is 24.0 Å². The molecule has 0 N–H and O–H groups in total. The van der Waals surface area contributed by atoms with Crippen molar-refractivity contribution in [3.05, 3.63) is 23.5 Å². The molecule has 0 aromatic carbocycles. The first kappa shape index (κ1) is 26.6. The second kappa shape index (κ2) is 10.5. The van der Waals surface area contributed by atoms with E-state index in [1.807, 2.05) is 13.8 Å². The van der Waals surface area contributed by atoms with Gasteiger partial charge in [0.1, 0.15) is 0 Å². The van der Waals surface area contributed by atoms with Crippen LogP contribution < -0.4 is 0 Å². The van der Waals surface area contributed by atoms with E-state index < -0.39 is 8.32 Å². The summed E-state index contributed by atoms with van der Waals surface area (Å²) in [6.07, 6.45) is 7.42. The van der Waals surface area contributed by atoms with Crippen molar-refractivity contribution in [1.82, 2.24) is 4.90 Å². The molecule has 3 atom stereocenters. The zero-order valence-corrected chi connectivity index (χ0v) is 22.7. The smallest absolute Gasteiger partial charge is 0.192 e. The standard InChI is InChI=1S/C25H47NO4Si/c1-11-27-20-16-19(14-15-23(28-12-2)29-13-3)25(18-20,26(7)8)21-17-22(21)30-31(9,10)24(4,5)6/h14,16,21-23H,11-13,15,17-18H2,1-10H3/b19-14+/t21-,22-,25?/m1/s1. The highest BCUT2D eigenvalue weighted by Gasteiger charge is 2.60. The van der Waals surface area contributed by atoms with Crippen molar-refractivity contribution < 1.29 is 18.6 Å². The minimum absolute atomic E-state index is 0.0967. The van der Waals surface area contributed by atoms with Gasteiger partial charge in [0.25, 0.3) is 0 Å². The first-order valence-electron chi connectivity index (χ1n) is 12.0. The van der Waals surface area contributed by atoms with E-state index in [0.717, 1.165) is 25.0 Å². The summed E-state index contributed by atoms with van der Waals surface area (Å²) in [5, 5.41) is 0.219. The average molecular weight is 454 g/mol. The molecule has 6 heteroatoms. The average Bonchev–Trinajstić information content (AvgIpc) is 3.30. The molecule has 0 radical (unpaired) electrons. The first-order valence-corrected chi connectivity index (χ1v) is 15.0. The van der Waals surface area contributed by atoms with Crippen LogP contribution in [-0.2, 0) is 18.6 Å². The Morgan fingerprint density at radius 2 is 1.74 bits per heavy atom. The summed E-state index contributed by atoms with van der Waals surface area (Å²) in [5.74, 6) is 1.54. The van der Waals surface area contributed by atoms with Gasteiger partial charge in [-0.25, -0.2) is 0 Å². The molecule has 5 nitrogen and oxygen atoms in total. The lowest BCUT2D eigenvalue weighted by atomic mass is 9.84. The van der Waals surface area contributed by atoms with Crippen molar-refractivity contribution in [2.24, 2.45) is 5.92 Å². The van der Waals surface area contributed by atoms with E-state index in [2.05, 4.69) is 71.9 Å². The predicted octanol–water partition coefficient (Wildman–Crippen LogP) is 5.74. The number of rotatable bonds is 12. The Bertz CT molecular complexity index is 646. The number of likely N-dealkylation sites (N-methyl/N-ethyl adjacent to an activating group) is 1. The Morgan fingerprint density at radius 3 is 2.23 bits per heavy atom. The minimum Gasteiger partial charge on any atom is -0.498 e. The Morgan fingerprint density at radius 1 is 1.13 bits per heavy atom. The summed E-state index contributed by atoms with van der Waals surface area (Å²) in [7, 11) is 2.59. The number of hydrogen-bond donors (Lipinski definition) is 0. The molecule has 2 aliphatic rings. The topological polar surface area (TPSA) is 40.2 Å². The van der Waals surface area contributed by atoms with Gasteiger partial charge in [0, 0.05) is 32.0 Å². The summed E-state index contributed by atoms with van der Waals surface area (Å²) in [4.78, 5) is 2.39. The lowest BCUT2D eigenvalue weighted by Gasteiger charge is -2.41.